The number of Topliss-reactive ketones (excluding diaryl/α,β-unsaturated/α-hetero) is 1. The van der Waals surface area contributed by atoms with Crippen LogP contribution in [0.5, 0.6) is 0 Å². The van der Waals surface area contributed by atoms with E-state index in [-0.39, 0.29) is 0 Å². The zero-order valence-corrected chi connectivity index (χ0v) is 7.67. The number of hydrogen-bond acceptors (Lipinski definition) is 2. The Morgan fingerprint density at radius 1 is 1.40 bits per heavy atom. The van der Waals surface area contributed by atoms with Gasteiger partial charge in [-0.2, -0.15) is 11.8 Å². The van der Waals surface area contributed by atoms with Crippen LogP contribution < -0.4 is 0 Å². The second-order valence-electron chi connectivity index (χ2n) is 2.19. The number of ketones is 1. The van der Waals surface area contributed by atoms with E-state index in [1.807, 2.05) is 18.7 Å². The number of rotatable bonds is 6. The Hall–Kier alpha value is 0.0200. The van der Waals surface area contributed by atoms with Gasteiger partial charge in [-0.05, 0) is 17.9 Å². The van der Waals surface area contributed by atoms with Gasteiger partial charge in [-0.15, -0.1) is 0 Å². The van der Waals surface area contributed by atoms with Gasteiger partial charge in [-0.1, -0.05) is 13.8 Å². The van der Waals surface area contributed by atoms with Gasteiger partial charge in [0.15, 0.2) is 0 Å². The molecule has 10 heavy (non-hydrogen) atoms. The van der Waals surface area contributed by atoms with Gasteiger partial charge in [0.25, 0.3) is 0 Å². The lowest BCUT2D eigenvalue weighted by Crippen LogP contribution is -1.95. The summed E-state index contributed by atoms with van der Waals surface area (Å²) in [5, 5.41) is 0. The van der Waals surface area contributed by atoms with E-state index in [1.165, 1.54) is 5.75 Å². The summed E-state index contributed by atoms with van der Waals surface area (Å²) in [4.78, 5) is 10.8. The topological polar surface area (TPSA) is 17.1 Å². The number of thioether (sulfide) groups is 1. The summed E-state index contributed by atoms with van der Waals surface area (Å²) in [6.07, 6.45) is 2.55. The molecule has 60 valence electrons. The van der Waals surface area contributed by atoms with Crippen molar-refractivity contribution in [2.24, 2.45) is 0 Å². The average Bonchev–Trinajstić information content (AvgIpc) is 1.98. The SMILES string of the molecule is CCSCCCC(=O)CC. The molecule has 0 bridgehead atoms. The predicted octanol–water partition coefficient (Wildman–Crippen LogP) is 2.50. The molecule has 0 unspecified atom stereocenters. The Labute approximate surface area is 67.6 Å². The molecule has 0 saturated heterocycles. The molecule has 0 aromatic heterocycles. The first-order valence-corrected chi connectivity index (χ1v) is 5.06. The van der Waals surface area contributed by atoms with E-state index < -0.39 is 0 Å². The minimum absolute atomic E-state index is 0.400. The fourth-order valence-corrected chi connectivity index (χ4v) is 1.33. The fraction of sp³-hybridized carbons (Fsp3) is 0.875. The lowest BCUT2D eigenvalue weighted by atomic mass is 10.2. The average molecular weight is 160 g/mol. The fourth-order valence-electron chi connectivity index (χ4n) is 0.693. The number of hydrogen-bond donors (Lipinski definition) is 0. The third kappa shape index (κ3) is 6.14. The van der Waals surface area contributed by atoms with E-state index in [9.17, 15) is 4.79 Å². The molecule has 0 saturated carbocycles. The van der Waals surface area contributed by atoms with Crippen LogP contribution in [0.2, 0.25) is 0 Å². The van der Waals surface area contributed by atoms with Gasteiger partial charge in [0.05, 0.1) is 0 Å². The Kier molecular flexibility index (Phi) is 7.15. The van der Waals surface area contributed by atoms with Crippen molar-refractivity contribution in [2.45, 2.75) is 33.1 Å². The molecule has 0 fully saturated rings. The molecule has 0 aromatic rings. The highest BCUT2D eigenvalue weighted by atomic mass is 32.2. The smallest absolute Gasteiger partial charge is 0.132 e. The highest BCUT2D eigenvalue weighted by Crippen LogP contribution is 2.04. The van der Waals surface area contributed by atoms with Gasteiger partial charge in [0, 0.05) is 12.8 Å². The van der Waals surface area contributed by atoms with Gasteiger partial charge in [-0.3, -0.25) is 4.79 Å². The molecule has 0 heterocycles. The van der Waals surface area contributed by atoms with E-state index in [2.05, 4.69) is 6.92 Å². The van der Waals surface area contributed by atoms with Gasteiger partial charge in [0.2, 0.25) is 0 Å². The zero-order valence-electron chi connectivity index (χ0n) is 6.85. The monoisotopic (exact) mass is 160 g/mol. The van der Waals surface area contributed by atoms with Crippen LogP contribution in [0.1, 0.15) is 33.1 Å². The van der Waals surface area contributed by atoms with Crippen LogP contribution in [-0.4, -0.2) is 17.3 Å². The predicted molar refractivity (Wildman–Crippen MR) is 47.5 cm³/mol. The first-order valence-electron chi connectivity index (χ1n) is 3.90. The Morgan fingerprint density at radius 2 is 2.10 bits per heavy atom. The van der Waals surface area contributed by atoms with Crippen molar-refractivity contribution in [3.05, 3.63) is 0 Å². The van der Waals surface area contributed by atoms with Crippen LogP contribution in [-0.2, 0) is 4.79 Å². The Balaban J connectivity index is 2.96. The van der Waals surface area contributed by atoms with Crippen molar-refractivity contribution in [1.82, 2.24) is 0 Å². The molecule has 0 aliphatic carbocycles. The van der Waals surface area contributed by atoms with Gasteiger partial charge in [0.1, 0.15) is 5.78 Å². The van der Waals surface area contributed by atoms with Crippen LogP contribution >= 0.6 is 11.8 Å². The van der Waals surface area contributed by atoms with E-state index in [4.69, 9.17) is 0 Å². The largest absolute Gasteiger partial charge is 0.300 e. The number of carbonyl (C=O) groups excluding carboxylic acids is 1. The lowest BCUT2D eigenvalue weighted by Gasteiger charge is -1.96. The van der Waals surface area contributed by atoms with Crippen molar-refractivity contribution in [2.75, 3.05) is 11.5 Å². The lowest BCUT2D eigenvalue weighted by molar-refractivity contribution is -0.118. The molecular formula is C8H16OS. The molecule has 0 aliphatic rings. The molecular weight excluding hydrogens is 144 g/mol. The highest BCUT2D eigenvalue weighted by Gasteiger charge is 1.96. The van der Waals surface area contributed by atoms with Crippen molar-refractivity contribution in [1.29, 1.82) is 0 Å². The second kappa shape index (κ2) is 7.13. The molecule has 0 aliphatic heterocycles. The second-order valence-corrected chi connectivity index (χ2v) is 3.59. The summed E-state index contributed by atoms with van der Waals surface area (Å²) in [5.41, 5.74) is 0. The van der Waals surface area contributed by atoms with Crippen LogP contribution in [0.4, 0.5) is 0 Å². The van der Waals surface area contributed by atoms with Gasteiger partial charge >= 0.3 is 0 Å². The summed E-state index contributed by atoms with van der Waals surface area (Å²) in [6, 6.07) is 0. The minimum Gasteiger partial charge on any atom is -0.300 e. The zero-order chi connectivity index (χ0) is 7.82. The summed E-state index contributed by atoms with van der Waals surface area (Å²) < 4.78 is 0. The molecule has 0 atom stereocenters. The van der Waals surface area contributed by atoms with Crippen molar-refractivity contribution < 1.29 is 4.79 Å². The first-order chi connectivity index (χ1) is 4.81. The molecule has 0 amide bonds. The van der Waals surface area contributed by atoms with E-state index >= 15 is 0 Å². The maximum Gasteiger partial charge on any atom is 0.132 e. The maximum atomic E-state index is 10.8. The van der Waals surface area contributed by atoms with Crippen LogP contribution in [0, 0.1) is 0 Å². The Morgan fingerprint density at radius 3 is 2.60 bits per heavy atom. The standard InChI is InChI=1S/C8H16OS/c1-3-8(9)6-5-7-10-4-2/h3-7H2,1-2H3. The van der Waals surface area contributed by atoms with Crippen molar-refractivity contribution in [3.63, 3.8) is 0 Å². The Bertz CT molecular complexity index is 91.3. The van der Waals surface area contributed by atoms with Crippen LogP contribution in [0.15, 0.2) is 0 Å². The normalized spacial score (nSPS) is 9.80. The third-order valence-electron chi connectivity index (χ3n) is 1.34. The quantitative estimate of drug-likeness (QED) is 0.555. The highest BCUT2D eigenvalue weighted by molar-refractivity contribution is 7.99. The molecule has 0 N–H and O–H groups in total. The van der Waals surface area contributed by atoms with Crippen LogP contribution in [0.25, 0.3) is 0 Å². The van der Waals surface area contributed by atoms with Gasteiger partial charge in [-0.25, -0.2) is 0 Å². The molecule has 0 aromatic carbocycles. The van der Waals surface area contributed by atoms with E-state index in [0.717, 1.165) is 18.6 Å². The molecule has 0 radical (unpaired) electrons. The van der Waals surface area contributed by atoms with E-state index in [0.29, 0.717) is 12.2 Å². The molecule has 0 rings (SSSR count). The molecule has 2 heteroatoms. The summed E-state index contributed by atoms with van der Waals surface area (Å²) in [6.45, 7) is 4.07. The molecule has 0 spiro atoms. The maximum absolute atomic E-state index is 10.8. The number of carbonyl (C=O) groups is 1. The van der Waals surface area contributed by atoms with Gasteiger partial charge < -0.3 is 0 Å². The summed E-state index contributed by atoms with van der Waals surface area (Å²) in [5.74, 6) is 2.71. The molecule has 1 nitrogen and oxygen atoms in total. The van der Waals surface area contributed by atoms with E-state index in [1.54, 1.807) is 0 Å². The third-order valence-corrected chi connectivity index (χ3v) is 2.33. The summed E-state index contributed by atoms with van der Waals surface area (Å²) >= 11 is 1.91. The first kappa shape index (κ1) is 10.0. The summed E-state index contributed by atoms with van der Waals surface area (Å²) in [7, 11) is 0. The minimum atomic E-state index is 0.400. The van der Waals surface area contributed by atoms with Crippen molar-refractivity contribution >= 4 is 17.5 Å². The van der Waals surface area contributed by atoms with Crippen molar-refractivity contribution in [3.8, 4) is 0 Å². The van der Waals surface area contributed by atoms with Crippen LogP contribution in [0.3, 0.4) is 0 Å².